The quantitative estimate of drug-likeness (QED) is 0.154. The fourth-order valence-corrected chi connectivity index (χ4v) is 7.98. The molecule has 5 heteroatoms. The number of hydrogen-bond donors (Lipinski definition) is 1. The van der Waals surface area contributed by atoms with Crippen molar-refractivity contribution >= 4 is 11.0 Å². The minimum absolute atomic E-state index is 0. The zero-order valence-corrected chi connectivity index (χ0v) is 38.4. The normalized spacial score (nSPS) is 18.4. The van der Waals surface area contributed by atoms with Crippen LogP contribution in [0.15, 0.2) is 134 Å². The molecule has 0 fully saturated rings. The Hall–Kier alpha value is -5.57. The van der Waals surface area contributed by atoms with Crippen LogP contribution in [-0.2, 0) is 43.7 Å². The van der Waals surface area contributed by atoms with E-state index < -0.39 is 92.5 Å². The minimum Gasteiger partial charge on any atom is -0.507 e. The summed E-state index contributed by atoms with van der Waals surface area (Å²) in [5.41, 5.74) is -5.34. The van der Waals surface area contributed by atoms with Crippen LogP contribution in [0, 0.1) is 18.8 Å². The van der Waals surface area contributed by atoms with Gasteiger partial charge in [0.15, 0.2) is 0 Å². The molecule has 0 bridgehead atoms. The first-order valence-corrected chi connectivity index (χ1v) is 20.7. The molecule has 0 aliphatic heterocycles. The summed E-state index contributed by atoms with van der Waals surface area (Å²) >= 11 is 0. The SMILES string of the molecule is [2H]C([2H])([2H])c1ccc(-c2ccnc(-c3[c-]c(-c4cccc5c4nc(-c4cc(C(C([2H])([2H])[2H])(C([2H])([2H])[2H])C([2H])([2H])[2H])cc(C(C([2H])([2H])[2H])(C([2H])([2H])[2H])C([2H])([2H])[2H])c4O)n5-c4ccc(CC(C)C)cc4-c4ccccc4)cc(C(C)(C)C)c3)c2)cc1.[Pt]. The predicted molar refractivity (Wildman–Crippen MR) is 266 cm³/mol. The second-order valence-corrected chi connectivity index (χ2v) is 17.6. The van der Waals surface area contributed by atoms with E-state index in [0.29, 0.717) is 62.8 Å². The maximum atomic E-state index is 13.1. The zero-order chi connectivity index (χ0) is 62.5. The average Bonchev–Trinajstić information content (AvgIpc) is 1.23. The van der Waals surface area contributed by atoms with E-state index in [-0.39, 0.29) is 49.6 Å². The van der Waals surface area contributed by atoms with Crippen LogP contribution in [0.25, 0.3) is 72.7 Å². The van der Waals surface area contributed by atoms with Gasteiger partial charge < -0.3 is 5.11 Å². The Kier molecular flexibility index (Phi) is 7.33. The van der Waals surface area contributed by atoms with Crippen molar-refractivity contribution < 1.29 is 55.0 Å². The molecule has 0 unspecified atom stereocenters. The molecule has 0 saturated heterocycles. The largest absolute Gasteiger partial charge is 0.507 e. The van der Waals surface area contributed by atoms with Gasteiger partial charge in [0.25, 0.3) is 0 Å². The number of hydrogen-bond acceptors (Lipinski definition) is 3. The number of fused-ring (bicyclic) bond motifs is 1. The fraction of sp³-hybridized carbons (Fsp3) is 0.288. The van der Waals surface area contributed by atoms with E-state index in [0.717, 1.165) is 11.1 Å². The molecule has 0 spiro atoms. The van der Waals surface area contributed by atoms with Crippen LogP contribution in [0.1, 0.15) is 132 Å². The number of pyridine rings is 1. The van der Waals surface area contributed by atoms with Crippen LogP contribution in [0.4, 0.5) is 0 Å². The van der Waals surface area contributed by atoms with Crippen molar-refractivity contribution in [2.75, 3.05) is 0 Å². The maximum absolute atomic E-state index is 13.1. The molecule has 0 radical (unpaired) electrons. The Morgan fingerprint density at radius 2 is 1.38 bits per heavy atom. The van der Waals surface area contributed by atoms with Gasteiger partial charge in [-0.25, -0.2) is 4.98 Å². The number of aryl methyl sites for hydroxylation is 1. The van der Waals surface area contributed by atoms with Gasteiger partial charge in [-0.05, 0) is 93.6 Å². The van der Waals surface area contributed by atoms with Crippen LogP contribution < -0.4 is 0 Å². The number of phenolic OH excluding ortho intramolecular Hbond substituents is 1. The summed E-state index contributed by atoms with van der Waals surface area (Å²) in [4.78, 5) is 9.91. The summed E-state index contributed by atoms with van der Waals surface area (Å²) in [5, 5.41) is 13.1. The molecule has 2 heterocycles. The van der Waals surface area contributed by atoms with Gasteiger partial charge in [0.05, 0.1) is 22.3 Å². The summed E-state index contributed by atoms with van der Waals surface area (Å²) in [6.07, 6.45) is 2.21. The van der Waals surface area contributed by atoms with Crippen molar-refractivity contribution in [3.63, 3.8) is 0 Å². The number of nitrogens with zero attached hydrogens (tertiary/aromatic N) is 3. The molecule has 330 valence electrons. The molecule has 2 aromatic heterocycles. The van der Waals surface area contributed by atoms with Crippen LogP contribution in [0.2, 0.25) is 0 Å². The number of aromatic hydroxyl groups is 1. The monoisotopic (exact) mass is 1040 g/mol. The van der Waals surface area contributed by atoms with Crippen LogP contribution >= 0.6 is 0 Å². The van der Waals surface area contributed by atoms with Crippen molar-refractivity contribution in [3.05, 3.63) is 167 Å². The molecule has 1 N–H and O–H groups in total. The van der Waals surface area contributed by atoms with E-state index in [2.05, 4.69) is 6.07 Å². The van der Waals surface area contributed by atoms with E-state index in [1.165, 1.54) is 16.7 Å². The molecule has 8 rings (SSSR count). The molecule has 0 saturated carbocycles. The van der Waals surface area contributed by atoms with E-state index in [1.807, 2.05) is 77.1 Å². The van der Waals surface area contributed by atoms with Gasteiger partial charge in [-0.15, -0.1) is 29.3 Å². The first-order valence-electron chi connectivity index (χ1n) is 31.2. The van der Waals surface area contributed by atoms with Gasteiger partial charge in [0.2, 0.25) is 0 Å². The molecule has 0 amide bonds. The van der Waals surface area contributed by atoms with Crippen molar-refractivity contribution in [1.29, 1.82) is 0 Å². The first-order chi connectivity index (χ1) is 38.5. The van der Waals surface area contributed by atoms with Gasteiger partial charge in [-0.1, -0.05) is 177 Å². The first kappa shape index (κ1) is 26.4. The van der Waals surface area contributed by atoms with Crippen LogP contribution in [0.5, 0.6) is 5.75 Å². The second kappa shape index (κ2) is 17.8. The van der Waals surface area contributed by atoms with Crippen LogP contribution in [-0.4, -0.2) is 19.6 Å². The number of rotatable bonds is 8. The summed E-state index contributed by atoms with van der Waals surface area (Å²) in [5.74, 6) is -1.65. The topological polar surface area (TPSA) is 50.9 Å². The van der Waals surface area contributed by atoms with Gasteiger partial charge in [0, 0.05) is 72.9 Å². The summed E-state index contributed by atoms with van der Waals surface area (Å²) in [7, 11) is 0. The molecule has 6 aromatic carbocycles. The smallest absolute Gasteiger partial charge is 0.148 e. The third-order valence-corrected chi connectivity index (χ3v) is 11.2. The van der Waals surface area contributed by atoms with Gasteiger partial charge >= 0.3 is 0 Å². The molecule has 0 aliphatic rings. The molecule has 64 heavy (non-hydrogen) atoms. The number of phenols is 1. The fourth-order valence-electron chi connectivity index (χ4n) is 7.98. The second-order valence-electron chi connectivity index (χ2n) is 17.6. The standard InChI is InChI=1S/C59H62N3O.Pt/c1-37(2)29-39-23-26-52(48(30-39)41-17-14-13-15-18-41)62-53-20-16-19-47(54(53)61-56(62)49-35-46(58(7,8)9)36-50(55(49)63)59(10,11)12)43-31-44(33-45(32-43)57(4,5)6)51-34-42(27-28-60-51)40-24-21-38(3)22-25-40;/h13-28,30,32-37,63H,29H2,1-12H3;/q-1;/i3D3,7D3,8D3,9D3,10D3,11D3,12D3;. The molecular formula is C59H62N3OPt-. The molecule has 0 atom stereocenters. The number of imidazole rings is 1. The van der Waals surface area contributed by atoms with Crippen molar-refractivity contribution in [1.82, 2.24) is 14.5 Å². The predicted octanol–water partition coefficient (Wildman–Crippen LogP) is 15.7. The summed E-state index contributed by atoms with van der Waals surface area (Å²) < 4.78 is 183. The van der Waals surface area contributed by atoms with Crippen LogP contribution in [0.3, 0.4) is 0 Å². The average molecular weight is 1050 g/mol. The van der Waals surface area contributed by atoms with E-state index in [9.17, 15) is 5.11 Å². The summed E-state index contributed by atoms with van der Waals surface area (Å²) in [6.45, 7) is -16.9. The van der Waals surface area contributed by atoms with E-state index in [4.69, 9.17) is 38.8 Å². The van der Waals surface area contributed by atoms with Gasteiger partial charge in [-0.3, -0.25) is 9.55 Å². The Balaban J connectivity index is 0.0000104. The van der Waals surface area contributed by atoms with Crippen molar-refractivity contribution in [3.8, 4) is 67.5 Å². The van der Waals surface area contributed by atoms with Gasteiger partial charge in [0.1, 0.15) is 11.6 Å². The Morgan fingerprint density at radius 3 is 2.06 bits per heavy atom. The Morgan fingerprint density at radius 1 is 0.656 bits per heavy atom. The van der Waals surface area contributed by atoms with Crippen molar-refractivity contribution in [2.45, 2.75) is 105 Å². The third-order valence-electron chi connectivity index (χ3n) is 11.2. The van der Waals surface area contributed by atoms with E-state index >= 15 is 0 Å². The van der Waals surface area contributed by atoms with Crippen molar-refractivity contribution in [2.24, 2.45) is 5.92 Å². The minimum atomic E-state index is -4.16. The Labute approximate surface area is 425 Å². The van der Waals surface area contributed by atoms with Gasteiger partial charge in [-0.2, -0.15) is 0 Å². The third kappa shape index (κ3) is 9.45. The number of aromatic nitrogens is 3. The molecule has 0 aliphatic carbocycles. The molecule has 4 nitrogen and oxygen atoms in total. The van der Waals surface area contributed by atoms with E-state index in [1.54, 1.807) is 66.9 Å². The molecular weight excluding hydrogens is 962 g/mol. The Bertz CT molecular complexity index is 3680. The number of para-hydroxylation sites is 1. The summed E-state index contributed by atoms with van der Waals surface area (Å²) in [6, 6.07) is 38.1. The zero-order valence-electron chi connectivity index (χ0n) is 57.1. The maximum Gasteiger partial charge on any atom is 0.148 e. The molecule has 8 aromatic rings. The number of benzene rings is 6.